The topological polar surface area (TPSA) is 98.7 Å². The standard InChI is InChI=1S/C21H19FN6O2S/c1-13-10-14(2)25-21(24-13)31-12-18-19(20(29)23-11-17-4-3-9-30-17)26-27-28(18)16-7-5-15(22)6-8-16/h3-10H,11-12H2,1-2H3,(H,23,29). The lowest BCUT2D eigenvalue weighted by molar-refractivity contribution is 0.0942. The molecule has 1 N–H and O–H groups in total. The van der Waals surface area contributed by atoms with Crippen LogP contribution in [0.5, 0.6) is 0 Å². The highest BCUT2D eigenvalue weighted by Crippen LogP contribution is 2.24. The molecule has 158 valence electrons. The molecule has 0 aliphatic carbocycles. The van der Waals surface area contributed by atoms with Crippen LogP contribution in [0.2, 0.25) is 0 Å². The summed E-state index contributed by atoms with van der Waals surface area (Å²) >= 11 is 1.37. The third kappa shape index (κ3) is 4.97. The Bertz CT molecular complexity index is 1170. The maximum Gasteiger partial charge on any atom is 0.274 e. The molecule has 0 aliphatic heterocycles. The molecular weight excluding hydrogens is 419 g/mol. The summed E-state index contributed by atoms with van der Waals surface area (Å²) < 4.78 is 20.2. The summed E-state index contributed by atoms with van der Waals surface area (Å²) in [5.74, 6) is 0.219. The molecule has 31 heavy (non-hydrogen) atoms. The van der Waals surface area contributed by atoms with Crippen LogP contribution in [-0.4, -0.2) is 30.9 Å². The molecule has 0 saturated carbocycles. The first-order valence-electron chi connectivity index (χ1n) is 9.46. The Morgan fingerprint density at radius 3 is 2.58 bits per heavy atom. The molecule has 4 aromatic rings. The van der Waals surface area contributed by atoms with Crippen LogP contribution < -0.4 is 5.32 Å². The number of aromatic nitrogens is 5. The van der Waals surface area contributed by atoms with E-state index in [-0.39, 0.29) is 24.0 Å². The lowest BCUT2D eigenvalue weighted by atomic mass is 10.2. The first-order valence-corrected chi connectivity index (χ1v) is 10.4. The number of amides is 1. The molecule has 0 bridgehead atoms. The summed E-state index contributed by atoms with van der Waals surface area (Å²) in [5.41, 5.74) is 3.04. The largest absolute Gasteiger partial charge is 0.467 e. The van der Waals surface area contributed by atoms with Gasteiger partial charge in [0.1, 0.15) is 11.6 Å². The van der Waals surface area contributed by atoms with E-state index in [0.717, 1.165) is 11.4 Å². The molecular formula is C21H19FN6O2S. The van der Waals surface area contributed by atoms with E-state index in [4.69, 9.17) is 4.42 Å². The monoisotopic (exact) mass is 438 g/mol. The minimum absolute atomic E-state index is 0.174. The molecule has 0 radical (unpaired) electrons. The molecule has 10 heteroatoms. The highest BCUT2D eigenvalue weighted by atomic mass is 32.2. The molecule has 3 heterocycles. The summed E-state index contributed by atoms with van der Waals surface area (Å²) in [6.07, 6.45) is 1.54. The lowest BCUT2D eigenvalue weighted by Crippen LogP contribution is -2.24. The summed E-state index contributed by atoms with van der Waals surface area (Å²) in [4.78, 5) is 21.7. The first kappa shape index (κ1) is 20.7. The van der Waals surface area contributed by atoms with Crippen LogP contribution in [0.4, 0.5) is 4.39 Å². The third-order valence-electron chi connectivity index (χ3n) is 4.35. The van der Waals surface area contributed by atoms with Crippen LogP contribution in [0.1, 0.15) is 33.3 Å². The number of benzene rings is 1. The van der Waals surface area contributed by atoms with Crippen LogP contribution >= 0.6 is 11.8 Å². The second kappa shape index (κ2) is 9.09. The van der Waals surface area contributed by atoms with Gasteiger partial charge in [-0.1, -0.05) is 17.0 Å². The summed E-state index contributed by atoms with van der Waals surface area (Å²) in [5, 5.41) is 11.6. The fraction of sp³-hybridized carbons (Fsp3) is 0.190. The van der Waals surface area contributed by atoms with Gasteiger partial charge in [0, 0.05) is 17.1 Å². The van der Waals surface area contributed by atoms with Crippen molar-refractivity contribution in [2.24, 2.45) is 0 Å². The molecule has 3 aromatic heterocycles. The maximum atomic E-state index is 13.4. The van der Waals surface area contributed by atoms with Gasteiger partial charge in [-0.2, -0.15) is 0 Å². The highest BCUT2D eigenvalue weighted by Gasteiger charge is 2.21. The molecule has 0 fully saturated rings. The van der Waals surface area contributed by atoms with Gasteiger partial charge in [0.25, 0.3) is 5.91 Å². The van der Waals surface area contributed by atoms with Crippen molar-refractivity contribution in [1.82, 2.24) is 30.3 Å². The van der Waals surface area contributed by atoms with E-state index in [0.29, 0.717) is 28.1 Å². The molecule has 8 nitrogen and oxygen atoms in total. The second-order valence-corrected chi connectivity index (χ2v) is 7.70. The number of hydrogen-bond donors (Lipinski definition) is 1. The molecule has 1 amide bonds. The minimum atomic E-state index is -0.387. The van der Waals surface area contributed by atoms with E-state index < -0.39 is 0 Å². The number of hydrogen-bond acceptors (Lipinski definition) is 7. The van der Waals surface area contributed by atoms with Crippen molar-refractivity contribution in [2.45, 2.75) is 31.3 Å². The van der Waals surface area contributed by atoms with Gasteiger partial charge in [0.15, 0.2) is 10.9 Å². The van der Waals surface area contributed by atoms with E-state index >= 15 is 0 Å². The number of nitrogens with zero attached hydrogens (tertiary/aromatic N) is 5. The zero-order chi connectivity index (χ0) is 21.8. The highest BCUT2D eigenvalue weighted by molar-refractivity contribution is 7.98. The van der Waals surface area contributed by atoms with E-state index in [2.05, 4.69) is 25.6 Å². The number of aryl methyl sites for hydroxylation is 2. The second-order valence-electron chi connectivity index (χ2n) is 6.76. The molecule has 0 saturated heterocycles. The number of halogens is 1. The van der Waals surface area contributed by atoms with Gasteiger partial charge in [0.05, 0.1) is 24.2 Å². The zero-order valence-electron chi connectivity index (χ0n) is 16.9. The normalized spacial score (nSPS) is 10.9. The third-order valence-corrected chi connectivity index (χ3v) is 5.21. The van der Waals surface area contributed by atoms with Gasteiger partial charge in [-0.3, -0.25) is 4.79 Å². The molecule has 1 aromatic carbocycles. The van der Waals surface area contributed by atoms with Crippen LogP contribution in [-0.2, 0) is 12.3 Å². The van der Waals surface area contributed by atoms with Crippen molar-refractivity contribution in [3.8, 4) is 5.69 Å². The van der Waals surface area contributed by atoms with Crippen molar-refractivity contribution in [1.29, 1.82) is 0 Å². The number of carbonyl (C=O) groups is 1. The first-order chi connectivity index (χ1) is 15.0. The predicted molar refractivity (Wildman–Crippen MR) is 112 cm³/mol. The Kier molecular flexibility index (Phi) is 6.08. The molecule has 0 atom stereocenters. The van der Waals surface area contributed by atoms with Crippen molar-refractivity contribution >= 4 is 17.7 Å². The average molecular weight is 438 g/mol. The van der Waals surface area contributed by atoms with E-state index in [1.54, 1.807) is 24.3 Å². The average Bonchev–Trinajstić information content (AvgIpc) is 3.40. The lowest BCUT2D eigenvalue weighted by Gasteiger charge is -2.09. The SMILES string of the molecule is Cc1cc(C)nc(SCc2c(C(=O)NCc3ccco3)nnn2-c2ccc(F)cc2)n1. The molecule has 0 spiro atoms. The van der Waals surface area contributed by atoms with Gasteiger partial charge in [0.2, 0.25) is 0 Å². The van der Waals surface area contributed by atoms with Crippen LogP contribution in [0.15, 0.2) is 58.3 Å². The maximum absolute atomic E-state index is 13.4. The minimum Gasteiger partial charge on any atom is -0.467 e. The van der Waals surface area contributed by atoms with Crippen LogP contribution in [0.3, 0.4) is 0 Å². The Morgan fingerprint density at radius 2 is 1.90 bits per heavy atom. The summed E-state index contributed by atoms with van der Waals surface area (Å²) in [6, 6.07) is 11.2. The fourth-order valence-electron chi connectivity index (χ4n) is 2.95. The summed E-state index contributed by atoms with van der Waals surface area (Å²) in [6.45, 7) is 4.02. The molecule has 0 unspecified atom stereocenters. The number of thioether (sulfide) groups is 1. The van der Waals surface area contributed by atoms with Crippen molar-refractivity contribution < 1.29 is 13.6 Å². The van der Waals surface area contributed by atoms with Crippen molar-refractivity contribution in [2.75, 3.05) is 0 Å². The fourth-order valence-corrected chi connectivity index (χ4v) is 3.89. The zero-order valence-corrected chi connectivity index (χ0v) is 17.7. The van der Waals surface area contributed by atoms with Crippen molar-refractivity contribution in [3.05, 3.63) is 83.1 Å². The van der Waals surface area contributed by atoms with Crippen LogP contribution in [0, 0.1) is 19.7 Å². The Labute approximate surface area is 181 Å². The Balaban J connectivity index is 1.62. The number of rotatable bonds is 7. The number of furan rings is 1. The quantitative estimate of drug-likeness (QED) is 0.347. The number of carbonyl (C=O) groups excluding carboxylic acids is 1. The van der Waals surface area contributed by atoms with Crippen LogP contribution in [0.25, 0.3) is 5.69 Å². The number of nitrogens with one attached hydrogen (secondary N) is 1. The Morgan fingerprint density at radius 1 is 1.16 bits per heavy atom. The molecule has 4 rings (SSSR count). The smallest absolute Gasteiger partial charge is 0.274 e. The van der Waals surface area contributed by atoms with Gasteiger partial charge in [-0.05, 0) is 56.3 Å². The van der Waals surface area contributed by atoms with E-state index in [9.17, 15) is 9.18 Å². The van der Waals surface area contributed by atoms with Gasteiger partial charge >= 0.3 is 0 Å². The van der Waals surface area contributed by atoms with E-state index in [1.165, 1.54) is 34.8 Å². The van der Waals surface area contributed by atoms with Gasteiger partial charge in [-0.25, -0.2) is 19.0 Å². The Hall–Kier alpha value is -3.53. The summed E-state index contributed by atoms with van der Waals surface area (Å²) in [7, 11) is 0. The van der Waals surface area contributed by atoms with Gasteiger partial charge in [-0.15, -0.1) is 5.10 Å². The van der Waals surface area contributed by atoms with E-state index in [1.807, 2.05) is 19.9 Å². The van der Waals surface area contributed by atoms with Crippen molar-refractivity contribution in [3.63, 3.8) is 0 Å². The van der Waals surface area contributed by atoms with Gasteiger partial charge < -0.3 is 9.73 Å². The predicted octanol–water partition coefficient (Wildman–Crippen LogP) is 3.63. The molecule has 0 aliphatic rings.